The number of nitrogens with one attached hydrogen (secondary N) is 1. The van der Waals surface area contributed by atoms with Gasteiger partial charge in [-0.25, -0.2) is 4.39 Å². The minimum atomic E-state index is -0.329. The van der Waals surface area contributed by atoms with E-state index in [9.17, 15) is 9.18 Å². The van der Waals surface area contributed by atoms with Gasteiger partial charge >= 0.3 is 0 Å². The summed E-state index contributed by atoms with van der Waals surface area (Å²) >= 11 is 1.08. The van der Waals surface area contributed by atoms with Crippen molar-refractivity contribution < 1.29 is 13.6 Å². The molecule has 0 saturated carbocycles. The van der Waals surface area contributed by atoms with Crippen LogP contribution in [0.5, 0.6) is 0 Å². The quantitative estimate of drug-likeness (QED) is 0.803. The Hall–Kier alpha value is -2.47. The van der Waals surface area contributed by atoms with Crippen LogP contribution in [-0.2, 0) is 6.54 Å². The molecule has 0 radical (unpaired) electrons. The minimum Gasteiger partial charge on any atom is -0.467 e. The smallest absolute Gasteiger partial charge is 0.263 e. The molecule has 4 nitrogen and oxygen atoms in total. The van der Waals surface area contributed by atoms with Crippen LogP contribution in [0.3, 0.4) is 0 Å². The summed E-state index contributed by atoms with van der Waals surface area (Å²) in [7, 11) is 0. The average Bonchev–Trinajstić information content (AvgIpc) is 3.16. The molecule has 1 amide bonds. The topological polar surface area (TPSA) is 55.1 Å². The van der Waals surface area contributed by atoms with E-state index in [-0.39, 0.29) is 11.7 Å². The van der Waals surface area contributed by atoms with Gasteiger partial charge in [0.15, 0.2) is 0 Å². The van der Waals surface area contributed by atoms with E-state index < -0.39 is 0 Å². The Kier molecular flexibility index (Phi) is 3.79. The molecule has 1 aromatic carbocycles. The summed E-state index contributed by atoms with van der Waals surface area (Å²) in [6.45, 7) is 0.318. The van der Waals surface area contributed by atoms with E-state index in [0.29, 0.717) is 28.4 Å². The van der Waals surface area contributed by atoms with Crippen molar-refractivity contribution in [2.45, 2.75) is 6.54 Å². The van der Waals surface area contributed by atoms with E-state index in [2.05, 4.69) is 9.69 Å². The molecule has 2 heterocycles. The van der Waals surface area contributed by atoms with Crippen LogP contribution in [-0.4, -0.2) is 10.3 Å². The van der Waals surface area contributed by atoms with Crippen LogP contribution in [0.4, 0.5) is 4.39 Å². The third kappa shape index (κ3) is 3.17. The summed E-state index contributed by atoms with van der Waals surface area (Å²) in [6, 6.07) is 11.3. The molecule has 106 valence electrons. The molecule has 0 bridgehead atoms. The average molecular weight is 302 g/mol. The zero-order chi connectivity index (χ0) is 14.7. The molecule has 0 fully saturated rings. The Labute approximate surface area is 124 Å². The number of carbonyl (C=O) groups is 1. The number of nitrogens with zero attached hydrogens (tertiary/aromatic N) is 1. The first-order valence-electron chi connectivity index (χ1n) is 6.25. The fourth-order valence-electron chi connectivity index (χ4n) is 1.83. The van der Waals surface area contributed by atoms with Crippen LogP contribution in [0.1, 0.15) is 15.4 Å². The number of carbonyl (C=O) groups excluding carboxylic acids is 1. The van der Waals surface area contributed by atoms with E-state index in [1.807, 2.05) is 0 Å². The molecule has 1 N–H and O–H groups in total. The van der Waals surface area contributed by atoms with Crippen LogP contribution in [0.25, 0.3) is 11.3 Å². The van der Waals surface area contributed by atoms with E-state index in [1.54, 1.807) is 36.6 Å². The highest BCUT2D eigenvalue weighted by Gasteiger charge is 2.12. The molecule has 0 aliphatic carbocycles. The molecular weight excluding hydrogens is 291 g/mol. The normalized spacial score (nSPS) is 10.5. The van der Waals surface area contributed by atoms with Gasteiger partial charge in [-0.2, -0.15) is 4.37 Å². The Morgan fingerprint density at radius 3 is 2.95 bits per heavy atom. The summed E-state index contributed by atoms with van der Waals surface area (Å²) in [5, 5.41) is 2.74. The van der Waals surface area contributed by atoms with Crippen LogP contribution >= 0.6 is 11.5 Å². The lowest BCUT2D eigenvalue weighted by Gasteiger charge is -1.99. The molecule has 21 heavy (non-hydrogen) atoms. The third-order valence-corrected chi connectivity index (χ3v) is 3.65. The molecule has 0 aliphatic heterocycles. The van der Waals surface area contributed by atoms with Gasteiger partial charge in [0, 0.05) is 5.56 Å². The highest BCUT2D eigenvalue weighted by Crippen LogP contribution is 2.22. The second kappa shape index (κ2) is 5.88. The zero-order valence-corrected chi connectivity index (χ0v) is 11.7. The summed E-state index contributed by atoms with van der Waals surface area (Å²) in [6.07, 6.45) is 1.55. The Morgan fingerprint density at radius 1 is 1.29 bits per heavy atom. The molecule has 0 atom stereocenters. The third-order valence-electron chi connectivity index (χ3n) is 2.86. The van der Waals surface area contributed by atoms with Crippen molar-refractivity contribution in [3.05, 3.63) is 65.2 Å². The fourth-order valence-corrected chi connectivity index (χ4v) is 2.51. The highest BCUT2D eigenvalue weighted by atomic mass is 32.1. The van der Waals surface area contributed by atoms with Crippen molar-refractivity contribution >= 4 is 17.4 Å². The lowest BCUT2D eigenvalue weighted by molar-refractivity contribution is 0.0952. The number of halogens is 1. The summed E-state index contributed by atoms with van der Waals surface area (Å²) in [4.78, 5) is 12.5. The van der Waals surface area contributed by atoms with Crippen LogP contribution in [0, 0.1) is 5.82 Å². The van der Waals surface area contributed by atoms with E-state index in [1.165, 1.54) is 12.1 Å². The van der Waals surface area contributed by atoms with Gasteiger partial charge in [0.2, 0.25) is 0 Å². The van der Waals surface area contributed by atoms with Crippen molar-refractivity contribution in [2.75, 3.05) is 0 Å². The molecule has 0 aliphatic rings. The first-order valence-corrected chi connectivity index (χ1v) is 7.03. The van der Waals surface area contributed by atoms with Crippen LogP contribution < -0.4 is 5.32 Å². The molecule has 6 heteroatoms. The van der Waals surface area contributed by atoms with Gasteiger partial charge in [-0.1, -0.05) is 12.1 Å². The maximum absolute atomic E-state index is 13.2. The van der Waals surface area contributed by atoms with Crippen LogP contribution in [0.15, 0.2) is 53.1 Å². The van der Waals surface area contributed by atoms with Crippen molar-refractivity contribution in [3.63, 3.8) is 0 Å². The Bertz CT molecular complexity index is 753. The fraction of sp³-hybridized carbons (Fsp3) is 0.0667. The summed E-state index contributed by atoms with van der Waals surface area (Å²) in [5.74, 6) is 0.120. The molecule has 2 aromatic heterocycles. The largest absolute Gasteiger partial charge is 0.467 e. The van der Waals surface area contributed by atoms with Gasteiger partial charge in [0.25, 0.3) is 5.91 Å². The first-order chi connectivity index (χ1) is 10.2. The zero-order valence-electron chi connectivity index (χ0n) is 10.9. The monoisotopic (exact) mass is 302 g/mol. The molecule has 3 rings (SSSR count). The maximum Gasteiger partial charge on any atom is 0.263 e. The van der Waals surface area contributed by atoms with Crippen LogP contribution in [0.2, 0.25) is 0 Å². The molecule has 0 unspecified atom stereocenters. The Morgan fingerprint density at radius 2 is 2.19 bits per heavy atom. The van der Waals surface area contributed by atoms with E-state index in [0.717, 1.165) is 11.5 Å². The van der Waals surface area contributed by atoms with Gasteiger partial charge < -0.3 is 9.73 Å². The predicted molar refractivity (Wildman–Crippen MR) is 77.4 cm³/mol. The molecule has 3 aromatic rings. The number of aromatic nitrogens is 1. The van der Waals surface area contributed by atoms with Crippen molar-refractivity contribution in [1.82, 2.24) is 9.69 Å². The summed E-state index contributed by atoms with van der Waals surface area (Å²) in [5.41, 5.74) is 1.24. The molecular formula is C15H11FN2O2S. The molecule has 0 saturated heterocycles. The Balaban J connectivity index is 1.71. The molecule has 0 spiro atoms. The predicted octanol–water partition coefficient (Wildman–Crippen LogP) is 3.47. The van der Waals surface area contributed by atoms with E-state index in [4.69, 9.17) is 4.42 Å². The lowest BCUT2D eigenvalue weighted by atomic mass is 10.1. The standard InChI is InChI=1S/C15H11FN2O2S/c16-11-4-1-3-10(7-11)13-8-14(21-18-13)15(19)17-9-12-5-2-6-20-12/h1-8H,9H2,(H,17,19). The second-order valence-corrected chi connectivity index (χ2v) is 5.15. The van der Waals surface area contributed by atoms with Crippen molar-refractivity contribution in [2.24, 2.45) is 0 Å². The van der Waals surface area contributed by atoms with Gasteiger partial charge in [0.05, 0.1) is 18.5 Å². The highest BCUT2D eigenvalue weighted by molar-refractivity contribution is 7.08. The minimum absolute atomic E-state index is 0.230. The SMILES string of the molecule is O=C(NCc1ccco1)c1cc(-c2cccc(F)c2)ns1. The second-order valence-electron chi connectivity index (χ2n) is 4.35. The van der Waals surface area contributed by atoms with Gasteiger partial charge in [-0.3, -0.25) is 4.79 Å². The number of rotatable bonds is 4. The number of benzene rings is 1. The number of hydrogen-bond donors (Lipinski definition) is 1. The van der Waals surface area contributed by atoms with Crippen molar-refractivity contribution in [1.29, 1.82) is 0 Å². The van der Waals surface area contributed by atoms with Gasteiger partial charge in [0.1, 0.15) is 16.5 Å². The maximum atomic E-state index is 13.2. The lowest BCUT2D eigenvalue weighted by Crippen LogP contribution is -2.21. The number of amides is 1. The number of furan rings is 1. The van der Waals surface area contributed by atoms with Gasteiger partial charge in [-0.05, 0) is 41.9 Å². The summed E-state index contributed by atoms with van der Waals surface area (Å²) < 4.78 is 22.5. The van der Waals surface area contributed by atoms with Gasteiger partial charge in [-0.15, -0.1) is 0 Å². The number of hydrogen-bond acceptors (Lipinski definition) is 4. The first kappa shape index (κ1) is 13.5. The van der Waals surface area contributed by atoms with Crippen molar-refractivity contribution in [3.8, 4) is 11.3 Å². The van der Waals surface area contributed by atoms with E-state index >= 15 is 0 Å².